The molecule has 0 amide bonds. The van der Waals surface area contributed by atoms with Crippen LogP contribution in [0.15, 0.2) is 35.3 Å². The lowest BCUT2D eigenvalue weighted by Gasteiger charge is -2.18. The summed E-state index contributed by atoms with van der Waals surface area (Å²) in [5.41, 5.74) is 0.902. The summed E-state index contributed by atoms with van der Waals surface area (Å²) in [5.74, 6) is 1.02. The monoisotopic (exact) mass is 444 g/mol. The highest BCUT2D eigenvalue weighted by molar-refractivity contribution is 5.77. The number of pyridine rings is 1. The molecule has 1 saturated carbocycles. The zero-order valence-corrected chi connectivity index (χ0v) is 18.1. The van der Waals surface area contributed by atoms with Gasteiger partial charge in [0, 0.05) is 30.4 Å². The molecule has 1 aliphatic rings. The molecule has 2 aromatic heterocycles. The minimum absolute atomic E-state index is 0.128. The van der Waals surface area contributed by atoms with E-state index in [0.29, 0.717) is 30.2 Å². The number of methoxy groups -OCH3 is 1. The molecule has 0 radical (unpaired) electrons. The number of nitrogens with one attached hydrogen (secondary N) is 1. The van der Waals surface area contributed by atoms with Gasteiger partial charge < -0.3 is 14.8 Å². The van der Waals surface area contributed by atoms with Gasteiger partial charge in [0.1, 0.15) is 18.0 Å². The van der Waals surface area contributed by atoms with Crippen LogP contribution in [0, 0.1) is 6.92 Å². The van der Waals surface area contributed by atoms with Crippen LogP contribution < -0.4 is 15.6 Å². The Morgan fingerprint density at radius 3 is 2.69 bits per heavy atom. The molecule has 1 N–H and O–H groups in total. The first-order valence-corrected chi connectivity index (χ1v) is 10.7. The zero-order valence-electron chi connectivity index (χ0n) is 18.1. The van der Waals surface area contributed by atoms with Crippen molar-refractivity contribution in [3.63, 3.8) is 0 Å². The van der Waals surface area contributed by atoms with Gasteiger partial charge in [-0.25, -0.2) is 13.8 Å². The second kappa shape index (κ2) is 9.60. The van der Waals surface area contributed by atoms with E-state index in [4.69, 9.17) is 9.47 Å². The van der Waals surface area contributed by atoms with Gasteiger partial charge in [0.2, 0.25) is 5.95 Å². The molecule has 170 valence electrons. The normalized spacial score (nSPS) is 14.4. The Balaban J connectivity index is 1.68. The number of fused-ring (bicyclic) bond motifs is 1. The summed E-state index contributed by atoms with van der Waals surface area (Å²) in [6.45, 7) is 2.88. The number of rotatable bonds is 8. The summed E-state index contributed by atoms with van der Waals surface area (Å²) in [6, 6.07) is 6.65. The van der Waals surface area contributed by atoms with Gasteiger partial charge in [0.25, 0.3) is 12.0 Å². The molecule has 0 unspecified atom stereocenters. The van der Waals surface area contributed by atoms with Crippen molar-refractivity contribution in [1.82, 2.24) is 14.5 Å². The Hall–Kier alpha value is -3.07. The SMILES string of the molecule is COCCOc1ccc(Nc2ncc3cc(C(F)F)c(=O)n(C4CCCC4)c3n2)c(C)c1. The van der Waals surface area contributed by atoms with Gasteiger partial charge in [-0.2, -0.15) is 4.98 Å². The lowest BCUT2D eigenvalue weighted by Crippen LogP contribution is -2.28. The van der Waals surface area contributed by atoms with E-state index in [2.05, 4.69) is 15.3 Å². The topological polar surface area (TPSA) is 78.3 Å². The summed E-state index contributed by atoms with van der Waals surface area (Å²) in [4.78, 5) is 21.7. The van der Waals surface area contributed by atoms with E-state index in [0.717, 1.165) is 42.7 Å². The van der Waals surface area contributed by atoms with Crippen LogP contribution in [0.5, 0.6) is 5.75 Å². The third kappa shape index (κ3) is 4.57. The maximum Gasteiger partial charge on any atom is 0.269 e. The maximum absolute atomic E-state index is 13.5. The van der Waals surface area contributed by atoms with Crippen LogP contribution in [-0.2, 0) is 4.74 Å². The molecule has 32 heavy (non-hydrogen) atoms. The predicted octanol–water partition coefficient (Wildman–Crippen LogP) is 4.92. The van der Waals surface area contributed by atoms with E-state index < -0.39 is 17.5 Å². The Morgan fingerprint density at radius 2 is 2.00 bits per heavy atom. The van der Waals surface area contributed by atoms with E-state index in [1.165, 1.54) is 16.8 Å². The van der Waals surface area contributed by atoms with Crippen molar-refractivity contribution in [3.8, 4) is 5.75 Å². The second-order valence-corrected chi connectivity index (χ2v) is 7.93. The van der Waals surface area contributed by atoms with Gasteiger partial charge >= 0.3 is 0 Å². The summed E-state index contributed by atoms with van der Waals surface area (Å²) in [6.07, 6.45) is 2.12. The molecule has 0 aliphatic heterocycles. The van der Waals surface area contributed by atoms with E-state index in [9.17, 15) is 13.6 Å². The first-order chi connectivity index (χ1) is 15.5. The molecule has 9 heteroatoms. The minimum atomic E-state index is -2.84. The number of hydrogen-bond donors (Lipinski definition) is 1. The Bertz CT molecular complexity index is 1160. The van der Waals surface area contributed by atoms with E-state index in [1.54, 1.807) is 7.11 Å². The first kappa shape index (κ1) is 22.1. The number of aryl methyl sites for hydroxylation is 1. The van der Waals surface area contributed by atoms with Crippen molar-refractivity contribution in [2.24, 2.45) is 0 Å². The Labute approximate surface area is 184 Å². The van der Waals surface area contributed by atoms with Crippen molar-refractivity contribution in [2.75, 3.05) is 25.6 Å². The molecule has 1 aromatic carbocycles. The molecular weight excluding hydrogens is 418 g/mol. The van der Waals surface area contributed by atoms with Gasteiger partial charge in [-0.1, -0.05) is 12.8 Å². The largest absolute Gasteiger partial charge is 0.491 e. The van der Waals surface area contributed by atoms with E-state index in [-0.39, 0.29) is 6.04 Å². The summed E-state index contributed by atoms with van der Waals surface area (Å²) >= 11 is 0. The van der Waals surface area contributed by atoms with Crippen LogP contribution in [0.1, 0.15) is 49.3 Å². The Kier molecular flexibility index (Phi) is 6.64. The second-order valence-electron chi connectivity index (χ2n) is 7.93. The lowest BCUT2D eigenvalue weighted by atomic mass is 10.1. The summed E-state index contributed by atoms with van der Waals surface area (Å²) in [5, 5.41) is 3.59. The molecule has 0 atom stereocenters. The number of aromatic nitrogens is 3. The lowest BCUT2D eigenvalue weighted by molar-refractivity contribution is 0.146. The van der Waals surface area contributed by atoms with E-state index in [1.807, 2.05) is 25.1 Å². The van der Waals surface area contributed by atoms with Crippen LogP contribution in [0.4, 0.5) is 20.4 Å². The number of halogens is 2. The van der Waals surface area contributed by atoms with Gasteiger partial charge in [-0.3, -0.25) is 9.36 Å². The number of ether oxygens (including phenoxy) is 2. The van der Waals surface area contributed by atoms with Crippen LogP contribution in [-0.4, -0.2) is 34.9 Å². The molecular formula is C23H26F2N4O3. The molecule has 0 saturated heterocycles. The summed E-state index contributed by atoms with van der Waals surface area (Å²) in [7, 11) is 1.62. The van der Waals surface area contributed by atoms with Gasteiger partial charge in [-0.15, -0.1) is 0 Å². The zero-order chi connectivity index (χ0) is 22.7. The van der Waals surface area contributed by atoms with Crippen molar-refractivity contribution in [3.05, 3.63) is 51.9 Å². The van der Waals surface area contributed by atoms with Crippen molar-refractivity contribution in [1.29, 1.82) is 0 Å². The highest BCUT2D eigenvalue weighted by Crippen LogP contribution is 2.32. The van der Waals surface area contributed by atoms with Crippen molar-refractivity contribution >= 4 is 22.7 Å². The van der Waals surface area contributed by atoms with Crippen LogP contribution >= 0.6 is 0 Å². The maximum atomic E-state index is 13.5. The average Bonchev–Trinajstić information content (AvgIpc) is 3.29. The molecule has 1 fully saturated rings. The minimum Gasteiger partial charge on any atom is -0.491 e. The quantitative estimate of drug-likeness (QED) is 0.497. The highest BCUT2D eigenvalue weighted by atomic mass is 19.3. The average molecular weight is 444 g/mol. The highest BCUT2D eigenvalue weighted by Gasteiger charge is 2.25. The van der Waals surface area contributed by atoms with Gasteiger partial charge in [-0.05, 0) is 49.6 Å². The fourth-order valence-electron chi connectivity index (χ4n) is 4.09. The fourth-order valence-corrected chi connectivity index (χ4v) is 4.09. The molecule has 3 aromatic rings. The molecule has 0 spiro atoms. The third-order valence-electron chi connectivity index (χ3n) is 5.73. The smallest absolute Gasteiger partial charge is 0.269 e. The standard InChI is InChI=1S/C23H26F2N4O3/c1-14-11-17(32-10-9-31-2)7-8-19(14)27-23-26-13-15-12-18(20(24)25)22(30)29(21(15)28-23)16-5-3-4-6-16/h7-8,11-13,16,20H,3-6,9-10H2,1-2H3,(H,26,27,28). The fraction of sp³-hybridized carbons (Fsp3) is 0.435. The van der Waals surface area contributed by atoms with E-state index >= 15 is 0 Å². The molecule has 2 heterocycles. The van der Waals surface area contributed by atoms with Crippen LogP contribution in [0.2, 0.25) is 0 Å². The molecule has 7 nitrogen and oxygen atoms in total. The first-order valence-electron chi connectivity index (χ1n) is 10.7. The van der Waals surface area contributed by atoms with Crippen molar-refractivity contribution in [2.45, 2.75) is 45.1 Å². The van der Waals surface area contributed by atoms with Gasteiger partial charge in [0.15, 0.2) is 0 Å². The Morgan fingerprint density at radius 1 is 1.22 bits per heavy atom. The number of anilines is 2. The number of nitrogens with zero attached hydrogens (tertiary/aromatic N) is 3. The third-order valence-corrected chi connectivity index (χ3v) is 5.73. The van der Waals surface area contributed by atoms with Gasteiger partial charge in [0.05, 0.1) is 12.2 Å². The van der Waals surface area contributed by atoms with Crippen LogP contribution in [0.25, 0.3) is 11.0 Å². The molecule has 0 bridgehead atoms. The molecule has 4 rings (SSSR count). The predicted molar refractivity (Wildman–Crippen MR) is 118 cm³/mol. The number of alkyl halides is 2. The van der Waals surface area contributed by atoms with Crippen molar-refractivity contribution < 1.29 is 18.3 Å². The summed E-state index contributed by atoms with van der Waals surface area (Å²) < 4.78 is 39.0. The number of hydrogen-bond acceptors (Lipinski definition) is 6. The number of benzene rings is 1. The van der Waals surface area contributed by atoms with Crippen LogP contribution in [0.3, 0.4) is 0 Å². The molecule has 1 aliphatic carbocycles.